The van der Waals surface area contributed by atoms with Gasteiger partial charge >= 0.3 is 0 Å². The van der Waals surface area contributed by atoms with Crippen LogP contribution in [0.4, 0.5) is 10.8 Å². The first-order valence-electron chi connectivity index (χ1n) is 10.2. The number of aromatic nitrogens is 2. The van der Waals surface area contributed by atoms with Crippen LogP contribution in [0.1, 0.15) is 6.92 Å². The zero-order chi connectivity index (χ0) is 21.4. The van der Waals surface area contributed by atoms with Crippen LogP contribution in [0.5, 0.6) is 11.5 Å². The molecule has 0 atom stereocenters. The fourth-order valence-corrected chi connectivity index (χ4v) is 4.79. The first-order valence-corrected chi connectivity index (χ1v) is 11.1. The predicted molar refractivity (Wildman–Crippen MR) is 139 cm³/mol. The van der Waals surface area contributed by atoms with Gasteiger partial charge in [0.25, 0.3) is 0 Å². The van der Waals surface area contributed by atoms with Crippen molar-refractivity contribution in [1.29, 1.82) is 0 Å². The lowest BCUT2D eigenvalue weighted by Crippen LogP contribution is -1.94. The largest absolute Gasteiger partial charge is 0.497 e. The number of anilines is 2. The van der Waals surface area contributed by atoms with E-state index in [1.165, 1.54) is 21.8 Å². The van der Waals surface area contributed by atoms with Gasteiger partial charge in [0.15, 0.2) is 5.13 Å². The summed E-state index contributed by atoms with van der Waals surface area (Å²) in [6.45, 7) is 3.12. The van der Waals surface area contributed by atoms with Gasteiger partial charge < -0.3 is 19.4 Å². The zero-order valence-corrected chi connectivity index (χ0v) is 20.6. The van der Waals surface area contributed by atoms with Gasteiger partial charge in [-0.2, -0.15) is 0 Å². The van der Waals surface area contributed by atoms with E-state index in [9.17, 15) is 0 Å². The molecule has 2 heterocycles. The molecule has 0 aliphatic rings. The number of benzene rings is 3. The molecule has 7 heteroatoms. The fraction of sp³-hybridized carbons (Fsp3) is 0.160. The maximum atomic E-state index is 5.53. The molecule has 1 N–H and O–H groups in total. The lowest BCUT2D eigenvalue weighted by Gasteiger charge is -2.08. The lowest BCUT2D eigenvalue weighted by atomic mass is 10.1. The highest BCUT2D eigenvalue weighted by atomic mass is 79.9. The van der Waals surface area contributed by atoms with Crippen molar-refractivity contribution in [3.63, 3.8) is 0 Å². The summed E-state index contributed by atoms with van der Waals surface area (Å²) in [4.78, 5) is 4.79. The molecule has 0 saturated heterocycles. The van der Waals surface area contributed by atoms with Crippen molar-refractivity contribution in [1.82, 2.24) is 9.55 Å². The molecule has 0 spiro atoms. The highest BCUT2D eigenvalue weighted by Gasteiger charge is 2.13. The molecule has 0 amide bonds. The van der Waals surface area contributed by atoms with Gasteiger partial charge in [-0.15, -0.1) is 28.3 Å². The molecule has 0 aliphatic heterocycles. The van der Waals surface area contributed by atoms with E-state index in [0.717, 1.165) is 40.1 Å². The summed E-state index contributed by atoms with van der Waals surface area (Å²) in [5.74, 6) is 1.50. The van der Waals surface area contributed by atoms with Gasteiger partial charge in [0.05, 0.1) is 19.9 Å². The monoisotopic (exact) mass is 509 g/mol. The van der Waals surface area contributed by atoms with Crippen molar-refractivity contribution in [3.05, 3.63) is 66.0 Å². The highest BCUT2D eigenvalue weighted by molar-refractivity contribution is 8.93. The van der Waals surface area contributed by atoms with Gasteiger partial charge in [0.1, 0.15) is 11.5 Å². The average molecular weight is 510 g/mol. The van der Waals surface area contributed by atoms with Crippen LogP contribution >= 0.6 is 28.3 Å². The number of ether oxygens (including phenoxy) is 2. The van der Waals surface area contributed by atoms with E-state index in [1.54, 1.807) is 25.6 Å². The summed E-state index contributed by atoms with van der Waals surface area (Å²) in [6, 6.07) is 20.8. The SMILES string of the molecule is Br.CCn1c2ccccc2c2cc(Nc3nc(-c4ccc(OC)cc4OC)cs3)ccc21. The van der Waals surface area contributed by atoms with Crippen molar-refractivity contribution in [2.24, 2.45) is 0 Å². The number of fused-ring (bicyclic) bond motifs is 3. The number of methoxy groups -OCH3 is 2. The number of nitrogens with one attached hydrogen (secondary N) is 1. The van der Waals surface area contributed by atoms with Crippen molar-refractivity contribution in [2.45, 2.75) is 13.5 Å². The number of hydrogen-bond donors (Lipinski definition) is 1. The molecule has 32 heavy (non-hydrogen) atoms. The topological polar surface area (TPSA) is 48.3 Å². The van der Waals surface area contributed by atoms with Crippen molar-refractivity contribution in [2.75, 3.05) is 19.5 Å². The average Bonchev–Trinajstić information content (AvgIpc) is 3.40. The minimum absolute atomic E-state index is 0. The molecule has 164 valence electrons. The van der Waals surface area contributed by atoms with Crippen LogP contribution in [-0.2, 0) is 6.54 Å². The molecule has 0 radical (unpaired) electrons. The maximum Gasteiger partial charge on any atom is 0.187 e. The summed E-state index contributed by atoms with van der Waals surface area (Å²) >= 11 is 1.57. The number of rotatable bonds is 6. The summed E-state index contributed by atoms with van der Waals surface area (Å²) in [5.41, 5.74) is 5.34. The number of nitrogens with zero attached hydrogens (tertiary/aromatic N) is 2. The summed E-state index contributed by atoms with van der Waals surface area (Å²) in [7, 11) is 3.31. The summed E-state index contributed by atoms with van der Waals surface area (Å²) in [6.07, 6.45) is 0. The smallest absolute Gasteiger partial charge is 0.187 e. The van der Waals surface area contributed by atoms with Gasteiger partial charge in [-0.3, -0.25) is 0 Å². The molecule has 0 saturated carbocycles. The Labute approximate surface area is 201 Å². The molecule has 3 aromatic carbocycles. The Kier molecular flexibility index (Phi) is 6.39. The van der Waals surface area contributed by atoms with E-state index in [1.807, 2.05) is 23.6 Å². The van der Waals surface area contributed by atoms with Crippen LogP contribution in [-0.4, -0.2) is 23.8 Å². The van der Waals surface area contributed by atoms with Crippen LogP contribution in [0.3, 0.4) is 0 Å². The Bertz CT molecular complexity index is 1390. The first kappa shape index (κ1) is 22.2. The van der Waals surface area contributed by atoms with Crippen molar-refractivity contribution in [3.8, 4) is 22.8 Å². The molecule has 0 bridgehead atoms. The Morgan fingerprint density at radius 2 is 1.75 bits per heavy atom. The molecule has 5 nitrogen and oxygen atoms in total. The van der Waals surface area contributed by atoms with Gasteiger partial charge in [0, 0.05) is 51.0 Å². The number of aryl methyl sites for hydroxylation is 1. The van der Waals surface area contributed by atoms with E-state index in [4.69, 9.17) is 14.5 Å². The van der Waals surface area contributed by atoms with Crippen LogP contribution in [0.25, 0.3) is 33.1 Å². The van der Waals surface area contributed by atoms with E-state index >= 15 is 0 Å². The van der Waals surface area contributed by atoms with Crippen LogP contribution < -0.4 is 14.8 Å². The Hall–Kier alpha value is -3.03. The highest BCUT2D eigenvalue weighted by Crippen LogP contribution is 2.36. The van der Waals surface area contributed by atoms with Gasteiger partial charge in [0.2, 0.25) is 0 Å². The predicted octanol–water partition coefficient (Wildman–Crippen LogP) is 7.28. The second-order valence-corrected chi connectivity index (χ2v) is 8.08. The Morgan fingerprint density at radius 3 is 2.53 bits per heavy atom. The zero-order valence-electron chi connectivity index (χ0n) is 18.1. The number of thiazole rings is 1. The third-order valence-corrected chi connectivity index (χ3v) is 6.29. The van der Waals surface area contributed by atoms with E-state index < -0.39 is 0 Å². The van der Waals surface area contributed by atoms with Crippen LogP contribution in [0, 0.1) is 0 Å². The molecule has 5 rings (SSSR count). The van der Waals surface area contributed by atoms with Gasteiger partial charge in [-0.25, -0.2) is 4.98 Å². The third kappa shape index (κ3) is 3.82. The molecule has 0 unspecified atom stereocenters. The van der Waals surface area contributed by atoms with E-state index in [0.29, 0.717) is 0 Å². The molecule has 0 fully saturated rings. The molecule has 5 aromatic rings. The molecule has 2 aromatic heterocycles. The van der Waals surface area contributed by atoms with E-state index in [-0.39, 0.29) is 17.0 Å². The van der Waals surface area contributed by atoms with E-state index in [2.05, 4.69) is 59.3 Å². The van der Waals surface area contributed by atoms with Gasteiger partial charge in [-0.1, -0.05) is 18.2 Å². The van der Waals surface area contributed by atoms with Gasteiger partial charge in [-0.05, 0) is 43.3 Å². The molecular weight excluding hydrogens is 486 g/mol. The lowest BCUT2D eigenvalue weighted by molar-refractivity contribution is 0.395. The normalized spacial score (nSPS) is 10.8. The summed E-state index contributed by atoms with van der Waals surface area (Å²) < 4.78 is 13.2. The fourth-order valence-electron chi connectivity index (χ4n) is 4.06. The second kappa shape index (κ2) is 9.22. The Balaban J connectivity index is 0.00000245. The number of para-hydroxylation sites is 1. The van der Waals surface area contributed by atoms with Crippen molar-refractivity contribution >= 4 is 60.9 Å². The quantitative estimate of drug-likeness (QED) is 0.261. The standard InChI is InChI=1S/C25H23N3O2S.BrH/c1-4-28-22-8-6-5-7-18(22)20-13-16(9-12-23(20)28)26-25-27-21(15-31-25)19-11-10-17(29-2)14-24(19)30-3;/h5-15H,4H2,1-3H3,(H,26,27);1H. The minimum atomic E-state index is 0. The molecule has 0 aliphatic carbocycles. The minimum Gasteiger partial charge on any atom is -0.497 e. The first-order chi connectivity index (χ1) is 15.2. The Morgan fingerprint density at radius 1 is 0.938 bits per heavy atom. The number of hydrogen-bond acceptors (Lipinski definition) is 5. The second-order valence-electron chi connectivity index (χ2n) is 7.22. The van der Waals surface area contributed by atoms with Crippen LogP contribution in [0.15, 0.2) is 66.0 Å². The third-order valence-electron chi connectivity index (χ3n) is 5.53. The maximum absolute atomic E-state index is 5.53. The summed E-state index contributed by atoms with van der Waals surface area (Å²) in [5, 5.41) is 8.86. The van der Waals surface area contributed by atoms with Crippen LogP contribution in [0.2, 0.25) is 0 Å². The molecular formula is C25H24BrN3O2S. The van der Waals surface area contributed by atoms with Crippen molar-refractivity contribution < 1.29 is 9.47 Å². The number of halogens is 1.